The van der Waals surface area contributed by atoms with Crippen LogP contribution in [-0.4, -0.2) is 26.3 Å². The SMILES string of the molecule is CC(C)c1ccc(CSc2nnc(SCC(=O)c3cccn3C)s2)cc1. The van der Waals surface area contributed by atoms with Crippen LogP contribution >= 0.6 is 34.9 Å². The summed E-state index contributed by atoms with van der Waals surface area (Å²) in [6.45, 7) is 4.40. The van der Waals surface area contributed by atoms with Crippen LogP contribution in [0, 0.1) is 0 Å². The summed E-state index contributed by atoms with van der Waals surface area (Å²) in [5.41, 5.74) is 3.36. The van der Waals surface area contributed by atoms with E-state index in [1.165, 1.54) is 22.9 Å². The molecule has 0 unspecified atom stereocenters. The van der Waals surface area contributed by atoms with Crippen molar-refractivity contribution in [3.8, 4) is 0 Å². The third-order valence-corrected chi connectivity index (χ3v) is 7.21. The second kappa shape index (κ2) is 8.88. The predicted molar refractivity (Wildman–Crippen MR) is 110 cm³/mol. The van der Waals surface area contributed by atoms with Crippen LogP contribution in [0.3, 0.4) is 0 Å². The maximum atomic E-state index is 12.2. The first kappa shape index (κ1) is 19.2. The van der Waals surface area contributed by atoms with Crippen LogP contribution in [0.25, 0.3) is 0 Å². The molecular formula is C19H21N3OS3. The maximum absolute atomic E-state index is 12.2. The molecule has 0 fully saturated rings. The minimum atomic E-state index is 0.108. The quantitative estimate of drug-likeness (QED) is 0.379. The van der Waals surface area contributed by atoms with E-state index in [0.717, 1.165) is 20.1 Å². The summed E-state index contributed by atoms with van der Waals surface area (Å²) in [7, 11) is 1.88. The number of thioether (sulfide) groups is 2. The average Bonchev–Trinajstić information content (AvgIpc) is 3.27. The molecule has 0 radical (unpaired) electrons. The van der Waals surface area contributed by atoms with Crippen molar-refractivity contribution in [1.82, 2.24) is 14.8 Å². The van der Waals surface area contributed by atoms with E-state index in [4.69, 9.17) is 0 Å². The van der Waals surface area contributed by atoms with Crippen LogP contribution in [0.4, 0.5) is 0 Å². The van der Waals surface area contributed by atoms with E-state index in [1.54, 1.807) is 23.1 Å². The van der Waals surface area contributed by atoms with Crippen molar-refractivity contribution in [2.75, 3.05) is 5.75 Å². The lowest BCUT2D eigenvalue weighted by Gasteiger charge is -2.05. The molecule has 26 heavy (non-hydrogen) atoms. The maximum Gasteiger partial charge on any atom is 0.189 e. The Morgan fingerprint density at radius 1 is 1.12 bits per heavy atom. The normalized spacial score (nSPS) is 11.2. The van der Waals surface area contributed by atoms with Gasteiger partial charge in [0.05, 0.1) is 11.4 Å². The van der Waals surface area contributed by atoms with E-state index in [1.807, 2.05) is 29.9 Å². The van der Waals surface area contributed by atoms with Gasteiger partial charge in [0.2, 0.25) is 0 Å². The number of aryl methyl sites for hydroxylation is 1. The highest BCUT2D eigenvalue weighted by Crippen LogP contribution is 2.31. The van der Waals surface area contributed by atoms with Gasteiger partial charge in [-0.3, -0.25) is 4.79 Å². The van der Waals surface area contributed by atoms with Gasteiger partial charge in [-0.05, 0) is 29.2 Å². The van der Waals surface area contributed by atoms with Crippen LogP contribution < -0.4 is 0 Å². The lowest BCUT2D eigenvalue weighted by molar-refractivity contribution is 0.101. The number of aromatic nitrogens is 3. The number of hydrogen-bond donors (Lipinski definition) is 0. The van der Waals surface area contributed by atoms with Crippen molar-refractivity contribution < 1.29 is 4.79 Å². The second-order valence-corrected chi connectivity index (χ2v) is 9.66. The molecule has 0 aliphatic carbocycles. The van der Waals surface area contributed by atoms with Gasteiger partial charge < -0.3 is 4.57 Å². The van der Waals surface area contributed by atoms with E-state index in [2.05, 4.69) is 48.3 Å². The van der Waals surface area contributed by atoms with E-state index in [-0.39, 0.29) is 5.78 Å². The fourth-order valence-electron chi connectivity index (χ4n) is 2.41. The lowest BCUT2D eigenvalue weighted by Crippen LogP contribution is -2.07. The Hall–Kier alpha value is -1.57. The number of carbonyl (C=O) groups excluding carboxylic acids is 1. The Morgan fingerprint density at radius 2 is 1.81 bits per heavy atom. The van der Waals surface area contributed by atoms with Crippen LogP contribution in [0.15, 0.2) is 51.3 Å². The van der Waals surface area contributed by atoms with Gasteiger partial charge in [0.25, 0.3) is 0 Å². The second-order valence-electron chi connectivity index (χ2n) is 6.24. The van der Waals surface area contributed by atoms with Crippen molar-refractivity contribution in [2.24, 2.45) is 7.05 Å². The number of hydrogen-bond acceptors (Lipinski definition) is 6. The zero-order chi connectivity index (χ0) is 18.5. The Labute approximate surface area is 166 Å². The summed E-state index contributed by atoms with van der Waals surface area (Å²) >= 11 is 4.69. The Bertz CT molecular complexity index is 868. The Kier molecular flexibility index (Phi) is 6.56. The standard InChI is InChI=1S/C19H21N3OS3/c1-13(2)15-8-6-14(7-9-15)11-24-18-20-21-19(26-18)25-12-17(23)16-5-4-10-22(16)3/h4-10,13H,11-12H2,1-3H3. The number of nitrogens with zero attached hydrogens (tertiary/aromatic N) is 3. The monoisotopic (exact) mass is 403 g/mol. The van der Waals surface area contributed by atoms with Crippen molar-refractivity contribution in [3.63, 3.8) is 0 Å². The van der Waals surface area contributed by atoms with Gasteiger partial charge in [-0.2, -0.15) is 0 Å². The average molecular weight is 404 g/mol. The summed E-state index contributed by atoms with van der Waals surface area (Å²) in [5.74, 6) is 1.92. The van der Waals surface area contributed by atoms with Crippen molar-refractivity contribution >= 4 is 40.6 Å². The van der Waals surface area contributed by atoms with Crippen LogP contribution in [0.1, 0.15) is 41.4 Å². The summed E-state index contributed by atoms with van der Waals surface area (Å²) in [6, 6.07) is 12.5. The van der Waals surface area contributed by atoms with Gasteiger partial charge in [0.15, 0.2) is 14.5 Å². The third kappa shape index (κ3) is 4.99. The van der Waals surface area contributed by atoms with Gasteiger partial charge in [-0.25, -0.2) is 0 Å². The summed E-state index contributed by atoms with van der Waals surface area (Å²) in [6.07, 6.45) is 1.88. The molecule has 3 aromatic rings. The molecule has 7 heteroatoms. The molecule has 1 aromatic carbocycles. The minimum absolute atomic E-state index is 0.108. The highest BCUT2D eigenvalue weighted by atomic mass is 32.2. The summed E-state index contributed by atoms with van der Waals surface area (Å²) in [5, 5.41) is 8.42. The number of carbonyl (C=O) groups is 1. The molecule has 0 N–H and O–H groups in total. The molecule has 0 saturated heterocycles. The van der Waals surface area contributed by atoms with Crippen LogP contribution in [0.5, 0.6) is 0 Å². The molecule has 0 spiro atoms. The number of benzene rings is 1. The molecule has 0 atom stereocenters. The summed E-state index contributed by atoms with van der Waals surface area (Å²) < 4.78 is 3.62. The van der Waals surface area contributed by atoms with Gasteiger partial charge in [-0.15, -0.1) is 10.2 Å². The van der Waals surface area contributed by atoms with E-state index >= 15 is 0 Å². The minimum Gasteiger partial charge on any atom is -0.348 e. The van der Waals surface area contributed by atoms with Gasteiger partial charge in [0.1, 0.15) is 0 Å². The molecule has 136 valence electrons. The van der Waals surface area contributed by atoms with Gasteiger partial charge >= 0.3 is 0 Å². The fourth-order valence-corrected chi connectivity index (χ4v) is 5.26. The molecule has 3 rings (SSSR count). The van der Waals surface area contributed by atoms with E-state index in [0.29, 0.717) is 11.7 Å². The van der Waals surface area contributed by atoms with Gasteiger partial charge in [-0.1, -0.05) is 73.0 Å². The highest BCUT2D eigenvalue weighted by molar-refractivity contribution is 8.03. The zero-order valence-electron chi connectivity index (χ0n) is 15.0. The number of ketones is 1. The lowest BCUT2D eigenvalue weighted by atomic mass is 10.0. The zero-order valence-corrected chi connectivity index (χ0v) is 17.5. The first-order chi connectivity index (χ1) is 12.5. The molecule has 4 nitrogen and oxygen atoms in total. The molecule has 2 heterocycles. The van der Waals surface area contributed by atoms with Crippen molar-refractivity contribution in [3.05, 3.63) is 59.4 Å². The van der Waals surface area contributed by atoms with Crippen LogP contribution in [0.2, 0.25) is 0 Å². The predicted octanol–water partition coefficient (Wildman–Crippen LogP) is 5.27. The molecule has 0 saturated carbocycles. The van der Waals surface area contributed by atoms with Crippen molar-refractivity contribution in [1.29, 1.82) is 0 Å². The molecule has 0 bridgehead atoms. The Balaban J connectivity index is 1.50. The first-order valence-electron chi connectivity index (χ1n) is 8.35. The molecule has 2 aromatic heterocycles. The number of Topliss-reactive ketones (excluding diaryl/α,β-unsaturated/α-hetero) is 1. The highest BCUT2D eigenvalue weighted by Gasteiger charge is 2.12. The molecule has 0 amide bonds. The topological polar surface area (TPSA) is 47.8 Å². The molecule has 0 aliphatic rings. The fraction of sp³-hybridized carbons (Fsp3) is 0.316. The summed E-state index contributed by atoms with van der Waals surface area (Å²) in [4.78, 5) is 12.2. The van der Waals surface area contributed by atoms with Crippen molar-refractivity contribution in [2.45, 2.75) is 34.2 Å². The third-order valence-electron chi connectivity index (χ3n) is 3.95. The molecule has 0 aliphatic heterocycles. The molecular weight excluding hydrogens is 382 g/mol. The van der Waals surface area contributed by atoms with Crippen LogP contribution in [-0.2, 0) is 12.8 Å². The largest absolute Gasteiger partial charge is 0.348 e. The Morgan fingerprint density at radius 3 is 2.42 bits per heavy atom. The first-order valence-corrected chi connectivity index (χ1v) is 11.1. The van der Waals surface area contributed by atoms with E-state index in [9.17, 15) is 4.79 Å². The van der Waals surface area contributed by atoms with E-state index < -0.39 is 0 Å². The smallest absolute Gasteiger partial charge is 0.189 e. The number of rotatable bonds is 8. The van der Waals surface area contributed by atoms with Gasteiger partial charge in [0, 0.05) is 19.0 Å².